The second-order valence-corrected chi connectivity index (χ2v) is 7.23. The molecule has 0 aliphatic carbocycles. The second-order valence-electron chi connectivity index (χ2n) is 7.23. The van der Waals surface area contributed by atoms with Crippen molar-refractivity contribution in [1.82, 2.24) is 15.2 Å². The van der Waals surface area contributed by atoms with Gasteiger partial charge < -0.3 is 15.5 Å². The van der Waals surface area contributed by atoms with Crippen molar-refractivity contribution in [3.8, 4) is 0 Å². The molecule has 8 heteroatoms. The van der Waals surface area contributed by atoms with E-state index in [1.165, 1.54) is 0 Å². The van der Waals surface area contributed by atoms with Crippen molar-refractivity contribution in [2.24, 2.45) is 5.92 Å². The lowest BCUT2D eigenvalue weighted by Gasteiger charge is -2.32. The standard InChI is InChI=1S/C22H28N4O2.2ClH/c1-3-23-15-17-9-13-26(14-10-17)22(28)19-6-4-5-16(2)20(19)25-21(27)18-7-11-24-12-8-18;;/h4-8,11-12,17,23H,3,9-10,13-15H2,1-2H3,(H,25,27);2*1H. The van der Waals surface area contributed by atoms with Crippen molar-refractivity contribution < 1.29 is 9.59 Å². The Labute approximate surface area is 190 Å². The van der Waals surface area contributed by atoms with Gasteiger partial charge >= 0.3 is 0 Å². The zero-order chi connectivity index (χ0) is 19.9. The molecule has 2 aromatic rings. The molecule has 1 aliphatic rings. The monoisotopic (exact) mass is 452 g/mol. The molecule has 2 N–H and O–H groups in total. The lowest BCUT2D eigenvalue weighted by molar-refractivity contribution is 0.0691. The van der Waals surface area contributed by atoms with E-state index >= 15 is 0 Å². The zero-order valence-electron chi connectivity index (χ0n) is 17.4. The maximum atomic E-state index is 13.2. The number of benzene rings is 1. The highest BCUT2D eigenvalue weighted by atomic mass is 35.5. The molecule has 0 radical (unpaired) electrons. The third-order valence-electron chi connectivity index (χ3n) is 5.27. The van der Waals surface area contributed by atoms with Gasteiger partial charge in [0.1, 0.15) is 0 Å². The lowest BCUT2D eigenvalue weighted by atomic mass is 9.96. The predicted molar refractivity (Wildman–Crippen MR) is 125 cm³/mol. The van der Waals surface area contributed by atoms with Gasteiger partial charge in [0.25, 0.3) is 11.8 Å². The average Bonchev–Trinajstić information content (AvgIpc) is 2.74. The van der Waals surface area contributed by atoms with E-state index in [-0.39, 0.29) is 36.6 Å². The molecule has 1 aliphatic heterocycles. The van der Waals surface area contributed by atoms with Crippen molar-refractivity contribution in [2.75, 3.05) is 31.5 Å². The quantitative estimate of drug-likeness (QED) is 0.695. The Bertz CT molecular complexity index is 825. The first kappa shape index (κ1) is 25.9. The maximum absolute atomic E-state index is 13.2. The number of rotatable bonds is 6. The molecule has 2 heterocycles. The summed E-state index contributed by atoms with van der Waals surface area (Å²) >= 11 is 0. The smallest absolute Gasteiger partial charge is 0.255 e. The molecule has 1 saturated heterocycles. The summed E-state index contributed by atoms with van der Waals surface area (Å²) in [5.74, 6) is 0.359. The summed E-state index contributed by atoms with van der Waals surface area (Å²) in [6.45, 7) is 7.50. The van der Waals surface area contributed by atoms with Gasteiger partial charge in [-0.3, -0.25) is 14.6 Å². The first-order valence-corrected chi connectivity index (χ1v) is 9.91. The van der Waals surface area contributed by atoms with Crippen LogP contribution in [0.15, 0.2) is 42.7 Å². The number of likely N-dealkylation sites (tertiary alicyclic amines) is 1. The van der Waals surface area contributed by atoms with E-state index in [0.29, 0.717) is 22.7 Å². The highest BCUT2D eigenvalue weighted by Crippen LogP contribution is 2.25. The number of hydrogen-bond acceptors (Lipinski definition) is 4. The number of pyridine rings is 1. The van der Waals surface area contributed by atoms with Crippen LogP contribution in [-0.4, -0.2) is 47.9 Å². The first-order chi connectivity index (χ1) is 13.6. The Morgan fingerprint density at radius 2 is 1.77 bits per heavy atom. The summed E-state index contributed by atoms with van der Waals surface area (Å²) in [7, 11) is 0. The van der Waals surface area contributed by atoms with Crippen LogP contribution in [0.3, 0.4) is 0 Å². The molecule has 1 aromatic heterocycles. The van der Waals surface area contributed by atoms with E-state index in [1.807, 2.05) is 24.0 Å². The number of halogens is 2. The maximum Gasteiger partial charge on any atom is 0.255 e. The first-order valence-electron chi connectivity index (χ1n) is 9.91. The molecular weight excluding hydrogens is 423 g/mol. The number of carbonyl (C=O) groups is 2. The third-order valence-corrected chi connectivity index (χ3v) is 5.27. The largest absolute Gasteiger partial charge is 0.339 e. The van der Waals surface area contributed by atoms with E-state index in [0.717, 1.165) is 44.6 Å². The number of hydrogen-bond donors (Lipinski definition) is 2. The highest BCUT2D eigenvalue weighted by molar-refractivity contribution is 6.09. The van der Waals surface area contributed by atoms with Gasteiger partial charge in [-0.2, -0.15) is 0 Å². The van der Waals surface area contributed by atoms with E-state index in [1.54, 1.807) is 30.6 Å². The Hall–Kier alpha value is -2.15. The molecule has 0 atom stereocenters. The SMILES string of the molecule is CCNCC1CCN(C(=O)c2cccc(C)c2NC(=O)c2ccncc2)CC1.Cl.Cl. The molecule has 1 aromatic carbocycles. The number of amides is 2. The fraction of sp³-hybridized carbons (Fsp3) is 0.409. The summed E-state index contributed by atoms with van der Waals surface area (Å²) in [6.07, 6.45) is 5.17. The van der Waals surface area contributed by atoms with Crippen LogP contribution < -0.4 is 10.6 Å². The molecule has 0 unspecified atom stereocenters. The minimum atomic E-state index is -0.241. The molecule has 0 bridgehead atoms. The summed E-state index contributed by atoms with van der Waals surface area (Å²) in [5.41, 5.74) is 2.52. The third kappa shape index (κ3) is 6.42. The average molecular weight is 453 g/mol. The zero-order valence-corrected chi connectivity index (χ0v) is 19.0. The summed E-state index contributed by atoms with van der Waals surface area (Å²) in [4.78, 5) is 31.6. The number of anilines is 1. The van der Waals surface area contributed by atoms with E-state index in [9.17, 15) is 9.59 Å². The van der Waals surface area contributed by atoms with Crippen LogP contribution in [0.1, 0.15) is 46.0 Å². The van der Waals surface area contributed by atoms with Crippen LogP contribution in [0.4, 0.5) is 5.69 Å². The topological polar surface area (TPSA) is 74.3 Å². The summed E-state index contributed by atoms with van der Waals surface area (Å²) in [6, 6.07) is 8.88. The number of piperidine rings is 1. The Morgan fingerprint density at radius 3 is 2.40 bits per heavy atom. The van der Waals surface area contributed by atoms with Crippen LogP contribution in [0.25, 0.3) is 0 Å². The van der Waals surface area contributed by atoms with Crippen molar-refractivity contribution in [3.05, 3.63) is 59.4 Å². The summed E-state index contributed by atoms with van der Waals surface area (Å²) in [5, 5.41) is 6.32. The van der Waals surface area contributed by atoms with Gasteiger partial charge in [0.15, 0.2) is 0 Å². The van der Waals surface area contributed by atoms with Gasteiger partial charge in [0.05, 0.1) is 11.3 Å². The molecule has 30 heavy (non-hydrogen) atoms. The fourth-order valence-corrected chi connectivity index (χ4v) is 3.56. The number of carbonyl (C=O) groups excluding carboxylic acids is 2. The van der Waals surface area contributed by atoms with Crippen LogP contribution >= 0.6 is 24.8 Å². The minimum Gasteiger partial charge on any atom is -0.339 e. The molecule has 2 amide bonds. The van der Waals surface area contributed by atoms with Crippen molar-refractivity contribution >= 4 is 42.3 Å². The van der Waals surface area contributed by atoms with Gasteiger partial charge in [0.2, 0.25) is 0 Å². The van der Waals surface area contributed by atoms with Gasteiger partial charge in [-0.25, -0.2) is 0 Å². The van der Waals surface area contributed by atoms with Crippen LogP contribution in [0.2, 0.25) is 0 Å². The van der Waals surface area contributed by atoms with Crippen molar-refractivity contribution in [1.29, 1.82) is 0 Å². The number of nitrogens with zero attached hydrogens (tertiary/aromatic N) is 2. The number of para-hydroxylation sites is 1. The normalized spacial score (nSPS) is 13.7. The van der Waals surface area contributed by atoms with E-state index < -0.39 is 0 Å². The molecule has 0 saturated carbocycles. The predicted octanol–water partition coefficient (Wildman–Crippen LogP) is 3.95. The fourth-order valence-electron chi connectivity index (χ4n) is 3.56. The molecule has 0 spiro atoms. The molecule has 6 nitrogen and oxygen atoms in total. The lowest BCUT2D eigenvalue weighted by Crippen LogP contribution is -2.41. The van der Waals surface area contributed by atoms with Crippen LogP contribution in [-0.2, 0) is 0 Å². The minimum absolute atomic E-state index is 0. The number of aryl methyl sites for hydroxylation is 1. The van der Waals surface area contributed by atoms with E-state index in [4.69, 9.17) is 0 Å². The highest BCUT2D eigenvalue weighted by Gasteiger charge is 2.26. The second kappa shape index (κ2) is 12.5. The Morgan fingerprint density at radius 1 is 1.10 bits per heavy atom. The summed E-state index contributed by atoms with van der Waals surface area (Å²) < 4.78 is 0. The Kier molecular flexibility index (Phi) is 10.8. The molecule has 3 rings (SSSR count). The van der Waals surface area contributed by atoms with Crippen molar-refractivity contribution in [2.45, 2.75) is 26.7 Å². The molecule has 1 fully saturated rings. The van der Waals surface area contributed by atoms with Crippen molar-refractivity contribution in [3.63, 3.8) is 0 Å². The number of nitrogens with one attached hydrogen (secondary N) is 2. The van der Waals surface area contributed by atoms with Crippen LogP contribution in [0, 0.1) is 12.8 Å². The number of aromatic nitrogens is 1. The van der Waals surface area contributed by atoms with Gasteiger partial charge in [-0.1, -0.05) is 19.1 Å². The van der Waals surface area contributed by atoms with Crippen LogP contribution in [0.5, 0.6) is 0 Å². The van der Waals surface area contributed by atoms with E-state index in [2.05, 4.69) is 22.5 Å². The van der Waals surface area contributed by atoms with Gasteiger partial charge in [-0.15, -0.1) is 24.8 Å². The molecular formula is C22H30Cl2N4O2. The van der Waals surface area contributed by atoms with Gasteiger partial charge in [-0.05, 0) is 62.5 Å². The molecule has 164 valence electrons. The Balaban J connectivity index is 0.00000225. The van der Waals surface area contributed by atoms with Gasteiger partial charge in [0, 0.05) is 31.0 Å².